The molecule has 0 atom stereocenters. The molecule has 0 saturated heterocycles. The summed E-state index contributed by atoms with van der Waals surface area (Å²) in [5.74, 6) is -2.07. The van der Waals surface area contributed by atoms with Crippen molar-refractivity contribution in [3.8, 4) is 5.69 Å². The van der Waals surface area contributed by atoms with E-state index in [1.807, 2.05) is 0 Å². The van der Waals surface area contributed by atoms with E-state index in [0.29, 0.717) is 4.68 Å². The number of nitrogens with zero attached hydrogens (tertiary/aromatic N) is 2. The molecular formula is C22H20F3N3O5S. The number of sulfone groups is 1. The average Bonchev–Trinajstić information content (AvgIpc) is 3.26. The van der Waals surface area contributed by atoms with Gasteiger partial charge in [-0.2, -0.15) is 18.3 Å². The van der Waals surface area contributed by atoms with Gasteiger partial charge in [0.15, 0.2) is 15.5 Å². The highest BCUT2D eigenvalue weighted by molar-refractivity contribution is 7.91. The molecular weight excluding hydrogens is 475 g/mol. The first-order valence-electron chi connectivity index (χ1n) is 10.0. The van der Waals surface area contributed by atoms with Gasteiger partial charge in [0.25, 0.3) is 5.91 Å². The molecule has 34 heavy (non-hydrogen) atoms. The third kappa shape index (κ3) is 5.63. The minimum Gasteiger partial charge on any atom is -0.462 e. The molecule has 0 spiro atoms. The lowest BCUT2D eigenvalue weighted by Crippen LogP contribution is -2.29. The first-order chi connectivity index (χ1) is 16.0. The molecule has 0 aliphatic heterocycles. The number of carbonyl (C=O) groups excluding carboxylic acids is 2. The zero-order valence-electron chi connectivity index (χ0n) is 17.9. The lowest BCUT2D eigenvalue weighted by atomic mass is 10.2. The maximum atomic E-state index is 13.6. The number of benzene rings is 2. The second-order valence-electron chi connectivity index (χ2n) is 6.97. The maximum absolute atomic E-state index is 13.6. The summed E-state index contributed by atoms with van der Waals surface area (Å²) in [6.45, 7) is 1.21. The van der Waals surface area contributed by atoms with Gasteiger partial charge < -0.3 is 10.1 Å². The third-order valence-electron chi connectivity index (χ3n) is 4.67. The Labute approximate surface area is 193 Å². The molecule has 0 saturated carbocycles. The van der Waals surface area contributed by atoms with Crippen molar-refractivity contribution in [2.75, 3.05) is 18.9 Å². The van der Waals surface area contributed by atoms with Crippen LogP contribution in [0, 0.1) is 0 Å². The van der Waals surface area contributed by atoms with Crippen LogP contribution in [0.1, 0.15) is 33.3 Å². The minimum atomic E-state index is -4.89. The van der Waals surface area contributed by atoms with Crippen molar-refractivity contribution in [2.45, 2.75) is 18.0 Å². The number of halogens is 3. The molecule has 1 aromatic heterocycles. The summed E-state index contributed by atoms with van der Waals surface area (Å²) >= 11 is 0. The van der Waals surface area contributed by atoms with Gasteiger partial charge in [0.05, 0.1) is 29.1 Å². The molecule has 12 heteroatoms. The van der Waals surface area contributed by atoms with Crippen molar-refractivity contribution in [2.24, 2.45) is 0 Å². The predicted molar refractivity (Wildman–Crippen MR) is 115 cm³/mol. The lowest BCUT2D eigenvalue weighted by Gasteiger charge is -2.13. The Balaban J connectivity index is 1.73. The average molecular weight is 495 g/mol. The van der Waals surface area contributed by atoms with Gasteiger partial charge >= 0.3 is 12.1 Å². The van der Waals surface area contributed by atoms with Crippen molar-refractivity contribution >= 4 is 21.7 Å². The van der Waals surface area contributed by atoms with Crippen LogP contribution in [-0.2, 0) is 20.8 Å². The van der Waals surface area contributed by atoms with E-state index >= 15 is 0 Å². The van der Waals surface area contributed by atoms with Crippen LogP contribution in [0.2, 0.25) is 0 Å². The fourth-order valence-corrected chi connectivity index (χ4v) is 4.25. The van der Waals surface area contributed by atoms with E-state index in [0.717, 1.165) is 6.20 Å². The molecule has 0 bridgehead atoms. The van der Waals surface area contributed by atoms with Gasteiger partial charge in [0.1, 0.15) is 5.56 Å². The number of aromatic nitrogens is 2. The Morgan fingerprint density at radius 3 is 2.29 bits per heavy atom. The topological polar surface area (TPSA) is 107 Å². The Morgan fingerprint density at radius 1 is 1.06 bits per heavy atom. The number of carbonyl (C=O) groups is 2. The molecule has 0 radical (unpaired) electrons. The third-order valence-corrected chi connectivity index (χ3v) is 6.40. The summed E-state index contributed by atoms with van der Waals surface area (Å²) < 4.78 is 70.6. The summed E-state index contributed by atoms with van der Waals surface area (Å²) in [5, 5.41) is 6.14. The Hall–Kier alpha value is -3.67. The summed E-state index contributed by atoms with van der Waals surface area (Å²) in [7, 11) is -3.58. The molecule has 1 heterocycles. The second kappa shape index (κ2) is 10.1. The number of hydrogen-bond donors (Lipinski definition) is 1. The molecule has 180 valence electrons. The van der Waals surface area contributed by atoms with E-state index in [4.69, 9.17) is 0 Å². The van der Waals surface area contributed by atoms with Gasteiger partial charge in [0, 0.05) is 12.1 Å². The van der Waals surface area contributed by atoms with Gasteiger partial charge in [0.2, 0.25) is 0 Å². The number of rotatable bonds is 8. The van der Waals surface area contributed by atoms with Crippen molar-refractivity contribution in [3.05, 3.63) is 77.6 Å². The molecule has 0 fully saturated rings. The first-order valence-corrected chi connectivity index (χ1v) is 11.7. The fourth-order valence-electron chi connectivity index (χ4n) is 3.08. The highest BCUT2D eigenvalue weighted by Gasteiger charge is 2.41. The Morgan fingerprint density at radius 2 is 1.71 bits per heavy atom. The van der Waals surface area contributed by atoms with Gasteiger partial charge in [-0.15, -0.1) is 0 Å². The minimum absolute atomic E-state index is 0.0360. The number of hydrogen-bond acceptors (Lipinski definition) is 6. The van der Waals surface area contributed by atoms with Crippen LogP contribution < -0.4 is 5.32 Å². The van der Waals surface area contributed by atoms with Gasteiger partial charge in [-0.25, -0.2) is 17.9 Å². The molecule has 0 aliphatic carbocycles. The highest BCUT2D eigenvalue weighted by Crippen LogP contribution is 2.34. The van der Waals surface area contributed by atoms with E-state index < -0.39 is 39.1 Å². The van der Waals surface area contributed by atoms with Crippen molar-refractivity contribution in [1.29, 1.82) is 0 Å². The largest absolute Gasteiger partial charge is 0.462 e. The van der Waals surface area contributed by atoms with Crippen LogP contribution in [0.3, 0.4) is 0 Å². The van der Waals surface area contributed by atoms with Crippen LogP contribution in [0.25, 0.3) is 5.69 Å². The summed E-state index contributed by atoms with van der Waals surface area (Å²) in [6, 6.07) is 12.8. The molecule has 0 unspecified atom stereocenters. The fraction of sp³-hybridized carbons (Fsp3) is 0.227. The predicted octanol–water partition coefficient (Wildman–Crippen LogP) is 3.27. The lowest BCUT2D eigenvalue weighted by molar-refractivity contribution is -0.143. The Bertz CT molecular complexity index is 1270. The van der Waals surface area contributed by atoms with Gasteiger partial charge in [-0.3, -0.25) is 4.79 Å². The van der Waals surface area contributed by atoms with Crippen LogP contribution in [0.5, 0.6) is 0 Å². The monoisotopic (exact) mass is 495 g/mol. The van der Waals surface area contributed by atoms with E-state index in [1.165, 1.54) is 43.3 Å². The molecule has 0 aliphatic rings. The number of nitrogens with one attached hydrogen (secondary N) is 1. The SMILES string of the molecule is CCOC(=O)c1cnn(-c2ccc(C(=O)NCCS(=O)(=O)c3ccccc3)cc2)c1C(F)(F)F. The first kappa shape index (κ1) is 25.0. The molecule has 1 N–H and O–H groups in total. The zero-order valence-corrected chi connectivity index (χ0v) is 18.7. The smallest absolute Gasteiger partial charge is 0.434 e. The summed E-state index contributed by atoms with van der Waals surface area (Å²) in [5.41, 5.74) is -1.96. The van der Waals surface area contributed by atoms with Gasteiger partial charge in [-0.1, -0.05) is 18.2 Å². The van der Waals surface area contributed by atoms with Crippen molar-refractivity contribution in [1.82, 2.24) is 15.1 Å². The summed E-state index contributed by atoms with van der Waals surface area (Å²) in [6.07, 6.45) is -4.12. The van der Waals surface area contributed by atoms with E-state index in [9.17, 15) is 31.2 Å². The van der Waals surface area contributed by atoms with Crippen LogP contribution in [0.4, 0.5) is 13.2 Å². The molecule has 1 amide bonds. The van der Waals surface area contributed by atoms with Crippen LogP contribution in [-0.4, -0.2) is 49.0 Å². The summed E-state index contributed by atoms with van der Waals surface area (Å²) in [4.78, 5) is 24.4. The second-order valence-corrected chi connectivity index (χ2v) is 9.08. The molecule has 3 aromatic rings. The zero-order chi connectivity index (χ0) is 24.9. The number of alkyl halides is 3. The maximum Gasteiger partial charge on any atom is 0.434 e. The van der Waals surface area contributed by atoms with Crippen LogP contribution in [0.15, 0.2) is 65.7 Å². The van der Waals surface area contributed by atoms with Crippen molar-refractivity contribution < 1.29 is 35.9 Å². The van der Waals surface area contributed by atoms with Crippen LogP contribution >= 0.6 is 0 Å². The highest BCUT2D eigenvalue weighted by atomic mass is 32.2. The van der Waals surface area contributed by atoms with E-state index in [2.05, 4.69) is 15.2 Å². The number of amides is 1. The molecule has 8 nitrogen and oxygen atoms in total. The molecule has 2 aromatic carbocycles. The van der Waals surface area contributed by atoms with E-state index in [-0.39, 0.29) is 35.1 Å². The normalized spacial score (nSPS) is 11.8. The van der Waals surface area contributed by atoms with Crippen molar-refractivity contribution in [3.63, 3.8) is 0 Å². The quantitative estimate of drug-likeness (QED) is 0.481. The molecule has 3 rings (SSSR count). The standard InChI is InChI=1S/C22H20F3N3O5S/c1-2-33-21(30)18-14-27-28(19(18)22(23,24)25)16-10-8-15(9-11-16)20(29)26-12-13-34(31,32)17-6-4-3-5-7-17/h3-11,14H,2,12-13H2,1H3,(H,26,29). The van der Waals surface area contributed by atoms with E-state index in [1.54, 1.807) is 18.2 Å². The Kier molecular flexibility index (Phi) is 7.40. The van der Waals surface area contributed by atoms with Gasteiger partial charge in [-0.05, 0) is 43.3 Å². The number of esters is 1. The number of ether oxygens (including phenoxy) is 1.